The van der Waals surface area contributed by atoms with E-state index < -0.39 is 11.7 Å². The lowest BCUT2D eigenvalue weighted by Gasteiger charge is -2.08. The summed E-state index contributed by atoms with van der Waals surface area (Å²) in [4.78, 5) is 12.2. The molecule has 0 radical (unpaired) electrons. The van der Waals surface area contributed by atoms with Gasteiger partial charge in [0, 0.05) is 16.3 Å². The van der Waals surface area contributed by atoms with E-state index >= 15 is 0 Å². The van der Waals surface area contributed by atoms with E-state index in [-0.39, 0.29) is 16.2 Å². The van der Waals surface area contributed by atoms with Gasteiger partial charge in [0.15, 0.2) is 0 Å². The number of nitrogens with one attached hydrogen (secondary N) is 1. The normalized spacial score (nSPS) is 11.0. The summed E-state index contributed by atoms with van der Waals surface area (Å²) in [7, 11) is 0. The second-order valence-corrected chi connectivity index (χ2v) is 5.56. The van der Waals surface area contributed by atoms with Gasteiger partial charge in [-0.05, 0) is 42.8 Å². The number of hydrogen-bond donors (Lipinski definition) is 1. The van der Waals surface area contributed by atoms with Crippen LogP contribution in [0.1, 0.15) is 11.1 Å². The fraction of sp³-hybridized carbons (Fsp3) is 0.0588. The summed E-state index contributed by atoms with van der Waals surface area (Å²) in [6.07, 6.45) is 1.12. The Labute approximate surface area is 142 Å². The molecule has 0 fully saturated rings. The standard InChI is InChI=1S/C17H11Cl2FN2O/c1-10-5-6-12(18)8-16(10)22-17(23)11(9-21)7-13-14(19)3-2-4-15(13)20/h2-8H,1H3,(H,22,23)/b11-7+. The van der Waals surface area contributed by atoms with Crippen molar-refractivity contribution in [3.63, 3.8) is 0 Å². The molecular weight excluding hydrogens is 338 g/mol. The Balaban J connectivity index is 2.34. The molecule has 3 nitrogen and oxygen atoms in total. The maximum Gasteiger partial charge on any atom is 0.266 e. The number of carbonyl (C=O) groups excluding carboxylic acids is 1. The van der Waals surface area contributed by atoms with Gasteiger partial charge in [-0.15, -0.1) is 0 Å². The number of benzene rings is 2. The van der Waals surface area contributed by atoms with Gasteiger partial charge in [0.2, 0.25) is 0 Å². The molecule has 0 aliphatic heterocycles. The van der Waals surface area contributed by atoms with Gasteiger partial charge in [-0.2, -0.15) is 5.26 Å². The molecule has 6 heteroatoms. The molecule has 1 amide bonds. The lowest BCUT2D eigenvalue weighted by molar-refractivity contribution is -0.112. The zero-order chi connectivity index (χ0) is 17.0. The molecule has 0 aromatic heterocycles. The molecule has 0 spiro atoms. The molecule has 0 atom stereocenters. The molecule has 0 saturated heterocycles. The lowest BCUT2D eigenvalue weighted by atomic mass is 10.1. The van der Waals surface area contributed by atoms with E-state index in [0.717, 1.165) is 11.6 Å². The van der Waals surface area contributed by atoms with Crippen molar-refractivity contribution in [1.29, 1.82) is 5.26 Å². The predicted molar refractivity (Wildman–Crippen MR) is 89.8 cm³/mol. The van der Waals surface area contributed by atoms with Crippen molar-refractivity contribution >= 4 is 40.9 Å². The van der Waals surface area contributed by atoms with Gasteiger partial charge in [0.25, 0.3) is 5.91 Å². The van der Waals surface area contributed by atoms with E-state index in [2.05, 4.69) is 5.32 Å². The molecule has 1 N–H and O–H groups in total. The highest BCUT2D eigenvalue weighted by Gasteiger charge is 2.13. The molecule has 2 aromatic carbocycles. The molecule has 0 bridgehead atoms. The van der Waals surface area contributed by atoms with Crippen LogP contribution in [0.3, 0.4) is 0 Å². The van der Waals surface area contributed by atoms with Crippen molar-refractivity contribution in [2.45, 2.75) is 6.92 Å². The first kappa shape index (κ1) is 17.0. The predicted octanol–water partition coefficient (Wildman–Crippen LogP) is 4.99. The van der Waals surface area contributed by atoms with Crippen LogP contribution in [0.4, 0.5) is 10.1 Å². The largest absolute Gasteiger partial charge is 0.321 e. The molecule has 116 valence electrons. The van der Waals surface area contributed by atoms with Crippen LogP contribution in [-0.4, -0.2) is 5.91 Å². The maximum absolute atomic E-state index is 13.8. The van der Waals surface area contributed by atoms with Gasteiger partial charge in [-0.3, -0.25) is 4.79 Å². The van der Waals surface area contributed by atoms with Crippen molar-refractivity contribution in [3.05, 3.63) is 69.0 Å². The van der Waals surface area contributed by atoms with Crippen LogP contribution in [0.25, 0.3) is 6.08 Å². The highest BCUT2D eigenvalue weighted by Crippen LogP contribution is 2.23. The number of aryl methyl sites for hydroxylation is 1. The first-order chi connectivity index (χ1) is 10.9. The quantitative estimate of drug-likeness (QED) is 0.627. The molecule has 2 aromatic rings. The molecule has 2 rings (SSSR count). The summed E-state index contributed by atoms with van der Waals surface area (Å²) in [5.74, 6) is -1.28. The molecule has 0 saturated carbocycles. The van der Waals surface area contributed by atoms with Crippen LogP contribution >= 0.6 is 23.2 Å². The molecule has 23 heavy (non-hydrogen) atoms. The SMILES string of the molecule is Cc1ccc(Cl)cc1NC(=O)/C(C#N)=C/c1c(F)cccc1Cl. The minimum atomic E-state index is -0.669. The second kappa shape index (κ2) is 7.28. The Bertz CT molecular complexity index is 821. The third-order valence-corrected chi connectivity index (χ3v) is 3.67. The Morgan fingerprint density at radius 3 is 2.70 bits per heavy atom. The second-order valence-electron chi connectivity index (χ2n) is 4.72. The van der Waals surface area contributed by atoms with Crippen LogP contribution in [0.5, 0.6) is 0 Å². The van der Waals surface area contributed by atoms with Crippen LogP contribution in [0.2, 0.25) is 10.0 Å². The van der Waals surface area contributed by atoms with E-state index in [0.29, 0.717) is 10.7 Å². The van der Waals surface area contributed by atoms with Crippen molar-refractivity contribution in [2.24, 2.45) is 0 Å². The van der Waals surface area contributed by atoms with E-state index in [1.54, 1.807) is 31.2 Å². The van der Waals surface area contributed by atoms with E-state index in [1.165, 1.54) is 18.2 Å². The number of nitrogens with zero attached hydrogens (tertiary/aromatic N) is 1. The Kier molecular flexibility index (Phi) is 5.38. The first-order valence-corrected chi connectivity index (χ1v) is 7.31. The van der Waals surface area contributed by atoms with Crippen molar-refractivity contribution < 1.29 is 9.18 Å². The minimum absolute atomic E-state index is 0.0105. The van der Waals surface area contributed by atoms with E-state index in [4.69, 9.17) is 23.2 Å². The van der Waals surface area contributed by atoms with Gasteiger partial charge in [0.05, 0.1) is 5.02 Å². The molecule has 0 aliphatic rings. The van der Waals surface area contributed by atoms with Crippen LogP contribution in [0, 0.1) is 24.1 Å². The third-order valence-electron chi connectivity index (χ3n) is 3.10. The summed E-state index contributed by atoms with van der Waals surface area (Å²) in [6.45, 7) is 1.79. The number of hydrogen-bond acceptors (Lipinski definition) is 2. The van der Waals surface area contributed by atoms with Crippen LogP contribution < -0.4 is 5.32 Å². The highest BCUT2D eigenvalue weighted by atomic mass is 35.5. The van der Waals surface area contributed by atoms with Gasteiger partial charge in [0.1, 0.15) is 17.5 Å². The summed E-state index contributed by atoms with van der Waals surface area (Å²) in [5, 5.41) is 12.3. The lowest BCUT2D eigenvalue weighted by Crippen LogP contribution is -2.14. The van der Waals surface area contributed by atoms with Crippen molar-refractivity contribution in [2.75, 3.05) is 5.32 Å². The molecule has 0 aliphatic carbocycles. The molecular formula is C17H11Cl2FN2O. The monoisotopic (exact) mass is 348 g/mol. The Morgan fingerprint density at radius 1 is 1.30 bits per heavy atom. The van der Waals surface area contributed by atoms with Gasteiger partial charge >= 0.3 is 0 Å². The number of anilines is 1. The summed E-state index contributed by atoms with van der Waals surface area (Å²) in [5.41, 5.74) is 0.979. The van der Waals surface area contributed by atoms with Crippen LogP contribution in [-0.2, 0) is 4.79 Å². The Hall–Kier alpha value is -2.35. The number of rotatable bonds is 3. The zero-order valence-electron chi connectivity index (χ0n) is 12.0. The summed E-state index contributed by atoms with van der Waals surface area (Å²) >= 11 is 11.8. The fourth-order valence-corrected chi connectivity index (χ4v) is 2.25. The zero-order valence-corrected chi connectivity index (χ0v) is 13.5. The van der Waals surface area contributed by atoms with Crippen molar-refractivity contribution in [1.82, 2.24) is 0 Å². The molecule has 0 heterocycles. The minimum Gasteiger partial charge on any atom is -0.321 e. The van der Waals surface area contributed by atoms with E-state index in [9.17, 15) is 14.4 Å². The van der Waals surface area contributed by atoms with Gasteiger partial charge in [-0.25, -0.2) is 4.39 Å². The summed E-state index contributed by atoms with van der Waals surface area (Å²) in [6, 6.07) is 10.9. The van der Waals surface area contributed by atoms with Crippen LogP contribution in [0.15, 0.2) is 42.0 Å². The average molecular weight is 349 g/mol. The first-order valence-electron chi connectivity index (χ1n) is 6.55. The van der Waals surface area contributed by atoms with Gasteiger partial charge in [-0.1, -0.05) is 35.3 Å². The Morgan fingerprint density at radius 2 is 2.04 bits per heavy atom. The maximum atomic E-state index is 13.8. The highest BCUT2D eigenvalue weighted by molar-refractivity contribution is 6.32. The number of carbonyl (C=O) groups is 1. The number of nitriles is 1. The average Bonchev–Trinajstić information content (AvgIpc) is 2.50. The topological polar surface area (TPSA) is 52.9 Å². The fourth-order valence-electron chi connectivity index (χ4n) is 1.86. The number of halogens is 3. The number of amides is 1. The summed E-state index contributed by atoms with van der Waals surface area (Å²) < 4.78 is 13.8. The smallest absolute Gasteiger partial charge is 0.266 e. The third kappa shape index (κ3) is 4.10. The van der Waals surface area contributed by atoms with Crippen molar-refractivity contribution in [3.8, 4) is 6.07 Å². The van der Waals surface area contributed by atoms with Gasteiger partial charge < -0.3 is 5.32 Å². The molecule has 0 unspecified atom stereocenters. The van der Waals surface area contributed by atoms with E-state index in [1.807, 2.05) is 0 Å².